The van der Waals surface area contributed by atoms with Crippen molar-refractivity contribution in [2.75, 3.05) is 20.3 Å². The summed E-state index contributed by atoms with van der Waals surface area (Å²) in [6.07, 6.45) is 1.36. The lowest BCUT2D eigenvalue weighted by atomic mass is 9.90. The van der Waals surface area contributed by atoms with E-state index in [1.165, 1.54) is 0 Å². The first-order valence-electron chi connectivity index (χ1n) is 5.40. The van der Waals surface area contributed by atoms with Gasteiger partial charge in [0, 0.05) is 13.2 Å². The first kappa shape index (κ1) is 12.5. The Hall–Kier alpha value is -0.610. The topological polar surface area (TPSA) is 47.6 Å². The maximum Gasteiger partial charge on any atom is 0.327 e. The smallest absolute Gasteiger partial charge is 0.327 e. The maximum atomic E-state index is 12.0. The van der Waals surface area contributed by atoms with Crippen molar-refractivity contribution in [1.82, 2.24) is 5.32 Å². The molecule has 0 amide bonds. The Kier molecular flexibility index (Phi) is 3.73. The highest BCUT2D eigenvalue weighted by atomic mass is 16.6. The molecule has 0 aromatic rings. The second-order valence-electron chi connectivity index (χ2n) is 4.95. The second kappa shape index (κ2) is 4.49. The van der Waals surface area contributed by atoms with E-state index in [9.17, 15) is 4.79 Å². The third-order valence-corrected chi connectivity index (χ3v) is 2.61. The van der Waals surface area contributed by atoms with Crippen molar-refractivity contribution in [1.29, 1.82) is 0 Å². The lowest BCUT2D eigenvalue weighted by molar-refractivity contribution is -0.167. The molecule has 1 heterocycles. The number of ether oxygens (including phenoxy) is 2. The molecule has 4 nitrogen and oxygen atoms in total. The van der Waals surface area contributed by atoms with E-state index in [0.717, 1.165) is 0 Å². The van der Waals surface area contributed by atoms with Crippen LogP contribution in [0, 0.1) is 0 Å². The summed E-state index contributed by atoms with van der Waals surface area (Å²) < 4.78 is 10.7. The lowest BCUT2D eigenvalue weighted by Gasteiger charge is -2.36. The third-order valence-electron chi connectivity index (χ3n) is 2.61. The molecule has 0 aromatic carbocycles. The van der Waals surface area contributed by atoms with Gasteiger partial charge < -0.3 is 14.8 Å². The fourth-order valence-electron chi connectivity index (χ4n) is 1.65. The molecule has 15 heavy (non-hydrogen) atoms. The number of carbonyl (C=O) groups is 1. The van der Waals surface area contributed by atoms with Gasteiger partial charge in [-0.15, -0.1) is 0 Å². The number of carbonyl (C=O) groups excluding carboxylic acids is 1. The molecule has 0 saturated carbocycles. The van der Waals surface area contributed by atoms with Gasteiger partial charge >= 0.3 is 5.97 Å². The molecule has 1 rings (SSSR count). The quantitative estimate of drug-likeness (QED) is 0.701. The van der Waals surface area contributed by atoms with Crippen LogP contribution in [0.2, 0.25) is 0 Å². The van der Waals surface area contributed by atoms with Gasteiger partial charge in [0.15, 0.2) is 0 Å². The van der Waals surface area contributed by atoms with Crippen molar-refractivity contribution in [2.45, 2.75) is 44.8 Å². The Morgan fingerprint density at radius 1 is 1.33 bits per heavy atom. The summed E-state index contributed by atoms with van der Waals surface area (Å²) in [5.74, 6) is -0.166. The summed E-state index contributed by atoms with van der Waals surface area (Å²) in [7, 11) is 1.80. The normalized spacial score (nSPS) is 21.1. The maximum absolute atomic E-state index is 12.0. The average Bonchev–Trinajstić information content (AvgIpc) is 2.16. The predicted octanol–water partition coefficient (Wildman–Crippen LogP) is 1.10. The van der Waals surface area contributed by atoms with Crippen LogP contribution < -0.4 is 5.32 Å². The molecule has 0 aliphatic carbocycles. The molecule has 1 N–H and O–H groups in total. The molecule has 4 heteroatoms. The van der Waals surface area contributed by atoms with E-state index >= 15 is 0 Å². The van der Waals surface area contributed by atoms with Crippen molar-refractivity contribution in [3.05, 3.63) is 0 Å². The zero-order valence-electron chi connectivity index (χ0n) is 10.1. The fourth-order valence-corrected chi connectivity index (χ4v) is 1.65. The number of hydrogen-bond donors (Lipinski definition) is 1. The zero-order chi connectivity index (χ0) is 11.5. The van der Waals surface area contributed by atoms with Crippen LogP contribution in [0.4, 0.5) is 0 Å². The minimum absolute atomic E-state index is 0.166. The molecular weight excluding hydrogens is 194 g/mol. The second-order valence-corrected chi connectivity index (χ2v) is 4.95. The van der Waals surface area contributed by atoms with Crippen LogP contribution in [0.15, 0.2) is 0 Å². The molecule has 1 saturated heterocycles. The van der Waals surface area contributed by atoms with Gasteiger partial charge in [0.05, 0.1) is 0 Å². The molecule has 0 atom stereocenters. The van der Waals surface area contributed by atoms with Crippen LogP contribution >= 0.6 is 0 Å². The number of nitrogens with one attached hydrogen (secondary N) is 1. The van der Waals surface area contributed by atoms with E-state index in [1.54, 1.807) is 7.05 Å². The van der Waals surface area contributed by atoms with Gasteiger partial charge in [0.1, 0.15) is 11.1 Å². The van der Waals surface area contributed by atoms with E-state index < -0.39 is 11.1 Å². The standard InChI is InChI=1S/C11H21NO3/c1-10(2,3)15-9(13)11(12-4)5-7-14-8-6-11/h12H,5-8H2,1-4H3. The van der Waals surface area contributed by atoms with Crippen LogP contribution in [0.3, 0.4) is 0 Å². The molecule has 0 radical (unpaired) electrons. The van der Waals surface area contributed by atoms with Crippen LogP contribution in [-0.4, -0.2) is 37.4 Å². The van der Waals surface area contributed by atoms with Crippen LogP contribution in [0.1, 0.15) is 33.6 Å². The number of likely N-dealkylation sites (N-methyl/N-ethyl adjacent to an activating group) is 1. The Labute approximate surface area is 91.3 Å². The first-order chi connectivity index (χ1) is 6.90. The van der Waals surface area contributed by atoms with Crippen LogP contribution in [0.5, 0.6) is 0 Å². The summed E-state index contributed by atoms with van der Waals surface area (Å²) in [4.78, 5) is 12.0. The molecule has 1 fully saturated rings. The molecular formula is C11H21NO3. The molecule has 1 aliphatic heterocycles. The first-order valence-corrected chi connectivity index (χ1v) is 5.40. The Balaban J connectivity index is 2.68. The number of esters is 1. The Morgan fingerprint density at radius 2 is 1.87 bits per heavy atom. The van der Waals surface area contributed by atoms with E-state index in [0.29, 0.717) is 26.1 Å². The minimum Gasteiger partial charge on any atom is -0.459 e. The van der Waals surface area contributed by atoms with Crippen molar-refractivity contribution in [3.63, 3.8) is 0 Å². The van der Waals surface area contributed by atoms with Gasteiger partial charge in [-0.3, -0.25) is 4.79 Å². The summed E-state index contributed by atoms with van der Waals surface area (Å²) in [6, 6.07) is 0. The highest BCUT2D eigenvalue weighted by Crippen LogP contribution is 2.24. The lowest BCUT2D eigenvalue weighted by Crippen LogP contribution is -2.56. The van der Waals surface area contributed by atoms with E-state index in [1.807, 2.05) is 20.8 Å². The van der Waals surface area contributed by atoms with E-state index in [2.05, 4.69) is 5.32 Å². The largest absolute Gasteiger partial charge is 0.459 e. The van der Waals surface area contributed by atoms with Crippen molar-refractivity contribution >= 4 is 5.97 Å². The van der Waals surface area contributed by atoms with Crippen molar-refractivity contribution < 1.29 is 14.3 Å². The summed E-state index contributed by atoms with van der Waals surface area (Å²) in [5.41, 5.74) is -0.981. The summed E-state index contributed by atoms with van der Waals surface area (Å²) in [5, 5.41) is 3.09. The van der Waals surface area contributed by atoms with E-state index in [4.69, 9.17) is 9.47 Å². The SMILES string of the molecule is CNC1(C(=O)OC(C)(C)C)CCOCC1. The van der Waals surface area contributed by atoms with Crippen LogP contribution in [-0.2, 0) is 14.3 Å². The zero-order valence-corrected chi connectivity index (χ0v) is 10.1. The van der Waals surface area contributed by atoms with Gasteiger partial charge in [-0.25, -0.2) is 0 Å². The monoisotopic (exact) mass is 215 g/mol. The predicted molar refractivity (Wildman–Crippen MR) is 57.7 cm³/mol. The van der Waals surface area contributed by atoms with Gasteiger partial charge in [-0.2, -0.15) is 0 Å². The summed E-state index contributed by atoms with van der Waals surface area (Å²) in [6.45, 7) is 6.87. The Bertz CT molecular complexity index is 226. The van der Waals surface area contributed by atoms with Crippen LogP contribution in [0.25, 0.3) is 0 Å². The van der Waals surface area contributed by atoms with Gasteiger partial charge in [-0.1, -0.05) is 0 Å². The van der Waals surface area contributed by atoms with Crippen molar-refractivity contribution in [2.24, 2.45) is 0 Å². The fraction of sp³-hybridized carbons (Fsp3) is 0.909. The van der Waals surface area contributed by atoms with Crippen molar-refractivity contribution in [3.8, 4) is 0 Å². The molecule has 0 unspecified atom stereocenters. The van der Waals surface area contributed by atoms with E-state index in [-0.39, 0.29) is 5.97 Å². The minimum atomic E-state index is -0.550. The number of hydrogen-bond acceptors (Lipinski definition) is 4. The molecule has 0 spiro atoms. The number of rotatable bonds is 2. The highest BCUT2D eigenvalue weighted by molar-refractivity contribution is 5.81. The molecule has 0 aromatic heterocycles. The Morgan fingerprint density at radius 3 is 2.27 bits per heavy atom. The van der Waals surface area contributed by atoms with Gasteiger partial charge in [0.2, 0.25) is 0 Å². The molecule has 0 bridgehead atoms. The molecule has 88 valence electrons. The van der Waals surface area contributed by atoms with Gasteiger partial charge in [-0.05, 0) is 40.7 Å². The highest BCUT2D eigenvalue weighted by Gasteiger charge is 2.41. The molecule has 1 aliphatic rings. The summed E-state index contributed by atoms with van der Waals surface area (Å²) >= 11 is 0. The van der Waals surface area contributed by atoms with Gasteiger partial charge in [0.25, 0.3) is 0 Å². The third kappa shape index (κ3) is 3.18. The average molecular weight is 215 g/mol.